The molecule has 0 radical (unpaired) electrons. The van der Waals surface area contributed by atoms with Gasteiger partial charge in [-0.1, -0.05) is 26.7 Å². The molecule has 1 N–H and O–H groups in total. The van der Waals surface area contributed by atoms with Crippen LogP contribution >= 0.6 is 0 Å². The molecule has 0 bridgehead atoms. The topological polar surface area (TPSA) is 63.6 Å². The van der Waals surface area contributed by atoms with Crippen LogP contribution in [0.25, 0.3) is 0 Å². The van der Waals surface area contributed by atoms with Crippen LogP contribution in [0.2, 0.25) is 0 Å². The minimum atomic E-state index is -3.12. The molecular formula is C11H24O4S. The summed E-state index contributed by atoms with van der Waals surface area (Å²) in [5.74, 6) is -0.0192. The van der Waals surface area contributed by atoms with E-state index in [1.807, 2.05) is 6.92 Å². The van der Waals surface area contributed by atoms with Crippen molar-refractivity contribution in [2.45, 2.75) is 45.6 Å². The van der Waals surface area contributed by atoms with Gasteiger partial charge in [0.15, 0.2) is 9.84 Å². The highest BCUT2D eigenvalue weighted by molar-refractivity contribution is 7.91. The number of unbranched alkanes of at least 4 members (excludes halogenated alkanes) is 2. The maximum atomic E-state index is 11.5. The average Bonchev–Trinajstić information content (AvgIpc) is 2.21. The fraction of sp³-hybridized carbons (Fsp3) is 1.00. The Balaban J connectivity index is 3.72. The van der Waals surface area contributed by atoms with Crippen molar-refractivity contribution in [1.82, 2.24) is 0 Å². The standard InChI is InChI=1S/C11H24O4S/c1-3-5-7-15-9-11(12)10-16(13,14)8-6-4-2/h11-12H,3-10H2,1-2H3/t11-/m0/s1. The van der Waals surface area contributed by atoms with Gasteiger partial charge >= 0.3 is 0 Å². The van der Waals surface area contributed by atoms with E-state index in [1.165, 1.54) is 0 Å². The van der Waals surface area contributed by atoms with Crippen LogP contribution in [0.3, 0.4) is 0 Å². The van der Waals surface area contributed by atoms with E-state index in [0.717, 1.165) is 19.3 Å². The normalized spacial score (nSPS) is 13.9. The molecule has 1 atom stereocenters. The Hall–Kier alpha value is -0.130. The number of hydrogen-bond donors (Lipinski definition) is 1. The second-order valence-corrected chi connectivity index (χ2v) is 6.28. The van der Waals surface area contributed by atoms with Gasteiger partial charge in [-0.15, -0.1) is 0 Å². The number of hydrogen-bond acceptors (Lipinski definition) is 4. The number of ether oxygens (including phenoxy) is 1. The lowest BCUT2D eigenvalue weighted by atomic mass is 10.3. The number of sulfone groups is 1. The van der Waals surface area contributed by atoms with E-state index in [4.69, 9.17) is 4.74 Å². The van der Waals surface area contributed by atoms with Gasteiger partial charge in [-0.3, -0.25) is 0 Å². The fourth-order valence-electron chi connectivity index (χ4n) is 1.25. The Kier molecular flexibility index (Phi) is 8.89. The van der Waals surface area contributed by atoms with Crippen LogP contribution in [0.1, 0.15) is 39.5 Å². The molecule has 98 valence electrons. The van der Waals surface area contributed by atoms with Gasteiger partial charge in [0.1, 0.15) is 0 Å². The van der Waals surface area contributed by atoms with Crippen molar-refractivity contribution in [3.8, 4) is 0 Å². The van der Waals surface area contributed by atoms with Crippen molar-refractivity contribution in [1.29, 1.82) is 0 Å². The summed E-state index contributed by atoms with van der Waals surface area (Å²) in [6, 6.07) is 0. The van der Waals surface area contributed by atoms with Crippen LogP contribution in [0.15, 0.2) is 0 Å². The first kappa shape index (κ1) is 15.9. The third kappa shape index (κ3) is 9.12. The van der Waals surface area contributed by atoms with E-state index in [0.29, 0.717) is 13.0 Å². The van der Waals surface area contributed by atoms with Gasteiger partial charge in [-0.05, 0) is 12.8 Å². The molecule has 0 amide bonds. The molecule has 0 saturated heterocycles. The second-order valence-electron chi connectivity index (χ2n) is 4.05. The second kappa shape index (κ2) is 8.96. The maximum absolute atomic E-state index is 11.5. The van der Waals surface area contributed by atoms with Crippen molar-refractivity contribution in [2.75, 3.05) is 24.7 Å². The van der Waals surface area contributed by atoms with Gasteiger partial charge in [0.2, 0.25) is 0 Å². The van der Waals surface area contributed by atoms with E-state index in [9.17, 15) is 13.5 Å². The summed E-state index contributed by atoms with van der Waals surface area (Å²) in [6.45, 7) is 4.70. The summed E-state index contributed by atoms with van der Waals surface area (Å²) in [6.07, 6.45) is 2.59. The van der Waals surface area contributed by atoms with Crippen molar-refractivity contribution in [2.24, 2.45) is 0 Å². The largest absolute Gasteiger partial charge is 0.390 e. The van der Waals surface area contributed by atoms with Gasteiger partial charge in [0, 0.05) is 6.61 Å². The SMILES string of the molecule is CCCCOC[C@H](O)CS(=O)(=O)CCCC. The zero-order valence-electron chi connectivity index (χ0n) is 10.3. The molecule has 0 spiro atoms. The molecule has 0 heterocycles. The highest BCUT2D eigenvalue weighted by Crippen LogP contribution is 2.01. The summed E-state index contributed by atoms with van der Waals surface area (Å²) in [7, 11) is -3.12. The first-order chi connectivity index (χ1) is 7.52. The van der Waals surface area contributed by atoms with E-state index >= 15 is 0 Å². The molecule has 0 aromatic carbocycles. The zero-order valence-corrected chi connectivity index (χ0v) is 11.1. The summed E-state index contributed by atoms with van der Waals surface area (Å²) < 4.78 is 28.1. The monoisotopic (exact) mass is 252 g/mol. The average molecular weight is 252 g/mol. The maximum Gasteiger partial charge on any atom is 0.152 e. The molecule has 0 aliphatic heterocycles. The van der Waals surface area contributed by atoms with Gasteiger partial charge in [0.25, 0.3) is 0 Å². The zero-order chi connectivity index (χ0) is 12.4. The molecule has 0 rings (SSSR count). The van der Waals surface area contributed by atoms with Gasteiger partial charge in [-0.25, -0.2) is 8.42 Å². The Morgan fingerprint density at radius 2 is 1.81 bits per heavy atom. The molecule has 0 saturated carbocycles. The number of aliphatic hydroxyl groups excluding tert-OH is 1. The van der Waals surface area contributed by atoms with E-state index in [2.05, 4.69) is 6.92 Å². The summed E-state index contributed by atoms with van der Waals surface area (Å²) >= 11 is 0. The number of aliphatic hydroxyl groups is 1. The molecule has 0 unspecified atom stereocenters. The Morgan fingerprint density at radius 3 is 2.38 bits per heavy atom. The molecule has 0 aromatic heterocycles. The van der Waals surface area contributed by atoms with Crippen LogP contribution in [0, 0.1) is 0 Å². The predicted octanol–water partition coefficient (Wildman–Crippen LogP) is 1.38. The third-order valence-corrected chi connectivity index (χ3v) is 4.01. The lowest BCUT2D eigenvalue weighted by molar-refractivity contribution is 0.0465. The van der Waals surface area contributed by atoms with Crippen molar-refractivity contribution >= 4 is 9.84 Å². The predicted molar refractivity (Wildman–Crippen MR) is 65.3 cm³/mol. The van der Waals surface area contributed by atoms with Gasteiger partial charge < -0.3 is 9.84 Å². The van der Waals surface area contributed by atoms with E-state index < -0.39 is 15.9 Å². The summed E-state index contributed by atoms with van der Waals surface area (Å²) in [5.41, 5.74) is 0. The molecule has 16 heavy (non-hydrogen) atoms. The molecule has 0 aromatic rings. The van der Waals surface area contributed by atoms with Crippen molar-refractivity contribution < 1.29 is 18.3 Å². The molecule has 0 aliphatic rings. The summed E-state index contributed by atoms with van der Waals surface area (Å²) in [5, 5.41) is 9.48. The van der Waals surface area contributed by atoms with E-state index in [1.54, 1.807) is 0 Å². The van der Waals surface area contributed by atoms with Crippen molar-refractivity contribution in [3.05, 3.63) is 0 Å². The molecular weight excluding hydrogens is 228 g/mol. The van der Waals surface area contributed by atoms with Gasteiger partial charge in [0.05, 0.1) is 24.2 Å². The number of rotatable bonds is 10. The Bertz CT molecular complexity index is 249. The summed E-state index contributed by atoms with van der Waals surface area (Å²) in [4.78, 5) is 0. The Morgan fingerprint density at radius 1 is 1.19 bits per heavy atom. The van der Waals surface area contributed by atoms with E-state index in [-0.39, 0.29) is 18.1 Å². The third-order valence-electron chi connectivity index (χ3n) is 2.21. The van der Waals surface area contributed by atoms with Crippen LogP contribution in [0.4, 0.5) is 0 Å². The van der Waals surface area contributed by atoms with Crippen LogP contribution in [-0.2, 0) is 14.6 Å². The Labute approximate surface area is 98.9 Å². The first-order valence-electron chi connectivity index (χ1n) is 5.98. The molecule has 0 fully saturated rings. The minimum absolute atomic E-state index is 0.116. The fourth-order valence-corrected chi connectivity index (χ4v) is 2.83. The highest BCUT2D eigenvalue weighted by Gasteiger charge is 2.16. The van der Waals surface area contributed by atoms with Crippen LogP contribution in [0.5, 0.6) is 0 Å². The highest BCUT2D eigenvalue weighted by atomic mass is 32.2. The smallest absolute Gasteiger partial charge is 0.152 e. The molecule has 0 aliphatic carbocycles. The lowest BCUT2D eigenvalue weighted by Crippen LogP contribution is -2.27. The molecule has 4 nitrogen and oxygen atoms in total. The van der Waals surface area contributed by atoms with Crippen LogP contribution < -0.4 is 0 Å². The minimum Gasteiger partial charge on any atom is -0.390 e. The quantitative estimate of drug-likeness (QED) is 0.597. The first-order valence-corrected chi connectivity index (χ1v) is 7.80. The lowest BCUT2D eigenvalue weighted by Gasteiger charge is -2.11. The van der Waals surface area contributed by atoms with Crippen LogP contribution in [-0.4, -0.2) is 44.3 Å². The van der Waals surface area contributed by atoms with Gasteiger partial charge in [-0.2, -0.15) is 0 Å². The van der Waals surface area contributed by atoms with Crippen molar-refractivity contribution in [3.63, 3.8) is 0 Å². The molecule has 5 heteroatoms.